The molecular weight excluding hydrogens is 264 g/mol. The molecule has 20 heavy (non-hydrogen) atoms. The van der Waals surface area contributed by atoms with E-state index >= 15 is 0 Å². The van der Waals surface area contributed by atoms with Gasteiger partial charge in [-0.25, -0.2) is 4.79 Å². The van der Waals surface area contributed by atoms with Crippen molar-refractivity contribution in [3.8, 4) is 0 Å². The molecule has 8 heteroatoms. The van der Waals surface area contributed by atoms with Gasteiger partial charge in [0.1, 0.15) is 5.82 Å². The fraction of sp³-hybridized carbons (Fsp3) is 0.333. The molecule has 0 fully saturated rings. The third-order valence-corrected chi connectivity index (χ3v) is 2.89. The van der Waals surface area contributed by atoms with Crippen molar-refractivity contribution in [2.24, 2.45) is 0 Å². The number of pyridine rings is 1. The van der Waals surface area contributed by atoms with E-state index in [1.807, 2.05) is 0 Å². The number of fused-ring (bicyclic) bond motifs is 1. The number of rotatable bonds is 4. The van der Waals surface area contributed by atoms with Crippen LogP contribution in [-0.2, 0) is 4.79 Å². The first-order valence-electron chi connectivity index (χ1n) is 5.86. The Kier molecular flexibility index (Phi) is 3.41. The molecule has 3 N–H and O–H groups in total. The summed E-state index contributed by atoms with van der Waals surface area (Å²) in [6, 6.07) is 3.18. The number of carbonyl (C=O) groups excluding carboxylic acids is 1. The summed E-state index contributed by atoms with van der Waals surface area (Å²) in [5.41, 5.74) is -1.08. The third-order valence-electron chi connectivity index (χ3n) is 2.89. The van der Waals surface area contributed by atoms with Gasteiger partial charge in [0, 0.05) is 6.20 Å². The average molecular weight is 278 g/mol. The van der Waals surface area contributed by atoms with E-state index in [1.165, 1.54) is 0 Å². The Morgan fingerprint density at radius 1 is 1.40 bits per heavy atom. The Labute approximate surface area is 114 Å². The standard InChI is InChI=1S/C12H14N4O4/c1-7-14-15-9-4-3-8(5-16(7)9)10(17)13-6-12(2,20)11(18)19/h3-5,20H,6H2,1-2H3,(H,13,17)(H,18,19). The third kappa shape index (κ3) is 2.59. The first-order valence-corrected chi connectivity index (χ1v) is 5.86. The zero-order valence-corrected chi connectivity index (χ0v) is 11.0. The highest BCUT2D eigenvalue weighted by Crippen LogP contribution is 2.07. The molecule has 106 valence electrons. The van der Waals surface area contributed by atoms with Crippen LogP contribution in [0.1, 0.15) is 23.1 Å². The van der Waals surface area contributed by atoms with Gasteiger partial charge in [0.2, 0.25) is 0 Å². The van der Waals surface area contributed by atoms with Crippen molar-refractivity contribution in [1.29, 1.82) is 0 Å². The Bertz CT molecular complexity index is 677. The number of amides is 1. The number of carbonyl (C=O) groups is 2. The number of nitrogens with zero attached hydrogens (tertiary/aromatic N) is 3. The monoisotopic (exact) mass is 278 g/mol. The number of carboxylic acid groups (broad SMARTS) is 1. The summed E-state index contributed by atoms with van der Waals surface area (Å²) in [7, 11) is 0. The molecule has 0 saturated carbocycles. The van der Waals surface area contributed by atoms with Crippen LogP contribution in [0.2, 0.25) is 0 Å². The van der Waals surface area contributed by atoms with Gasteiger partial charge >= 0.3 is 5.97 Å². The predicted molar refractivity (Wildman–Crippen MR) is 68.3 cm³/mol. The van der Waals surface area contributed by atoms with E-state index in [0.29, 0.717) is 17.0 Å². The lowest BCUT2D eigenvalue weighted by atomic mass is 10.1. The molecule has 0 saturated heterocycles. The number of nitrogens with one attached hydrogen (secondary N) is 1. The number of carboxylic acids is 1. The van der Waals surface area contributed by atoms with Crippen molar-refractivity contribution in [1.82, 2.24) is 19.9 Å². The van der Waals surface area contributed by atoms with Gasteiger partial charge in [-0.3, -0.25) is 9.20 Å². The Balaban J connectivity index is 2.15. The second-order valence-electron chi connectivity index (χ2n) is 4.65. The molecule has 0 aliphatic heterocycles. The lowest BCUT2D eigenvalue weighted by Gasteiger charge is -2.18. The zero-order chi connectivity index (χ0) is 14.9. The summed E-state index contributed by atoms with van der Waals surface area (Å²) < 4.78 is 1.64. The van der Waals surface area contributed by atoms with Crippen LogP contribution in [0.3, 0.4) is 0 Å². The maximum Gasteiger partial charge on any atom is 0.337 e. The summed E-state index contributed by atoms with van der Waals surface area (Å²) in [4.78, 5) is 22.7. The average Bonchev–Trinajstić information content (AvgIpc) is 2.77. The van der Waals surface area contributed by atoms with E-state index in [4.69, 9.17) is 5.11 Å². The molecule has 2 heterocycles. The summed E-state index contributed by atoms with van der Waals surface area (Å²) in [5, 5.41) is 28.4. The lowest BCUT2D eigenvalue weighted by molar-refractivity contribution is -0.155. The molecule has 1 amide bonds. The Morgan fingerprint density at radius 3 is 2.75 bits per heavy atom. The number of hydrogen-bond acceptors (Lipinski definition) is 5. The normalized spacial score (nSPS) is 13.9. The van der Waals surface area contributed by atoms with Crippen molar-refractivity contribution in [3.05, 3.63) is 29.7 Å². The molecule has 0 bridgehead atoms. The van der Waals surface area contributed by atoms with E-state index in [9.17, 15) is 14.7 Å². The van der Waals surface area contributed by atoms with Gasteiger partial charge in [-0.1, -0.05) is 0 Å². The molecule has 0 aromatic carbocycles. The van der Waals surface area contributed by atoms with Gasteiger partial charge < -0.3 is 15.5 Å². The molecule has 1 unspecified atom stereocenters. The predicted octanol–water partition coefficient (Wildman–Crippen LogP) is -0.397. The minimum atomic E-state index is -2.01. The number of aliphatic hydroxyl groups is 1. The lowest BCUT2D eigenvalue weighted by Crippen LogP contribution is -2.46. The van der Waals surface area contributed by atoms with Crippen molar-refractivity contribution < 1.29 is 19.8 Å². The maximum absolute atomic E-state index is 11.9. The van der Waals surface area contributed by atoms with Gasteiger partial charge in [-0.15, -0.1) is 10.2 Å². The van der Waals surface area contributed by atoms with E-state index in [-0.39, 0.29) is 6.54 Å². The summed E-state index contributed by atoms with van der Waals surface area (Å²) in [5.74, 6) is -1.25. The Morgan fingerprint density at radius 2 is 2.10 bits per heavy atom. The highest BCUT2D eigenvalue weighted by atomic mass is 16.4. The van der Waals surface area contributed by atoms with Gasteiger partial charge in [0.15, 0.2) is 11.2 Å². The molecule has 8 nitrogen and oxygen atoms in total. The highest BCUT2D eigenvalue weighted by Gasteiger charge is 2.30. The first-order chi connectivity index (χ1) is 9.31. The molecule has 0 spiro atoms. The highest BCUT2D eigenvalue weighted by molar-refractivity contribution is 5.94. The fourth-order valence-electron chi connectivity index (χ4n) is 1.57. The minimum absolute atomic E-state index is 0.321. The SMILES string of the molecule is Cc1nnc2ccc(C(=O)NCC(C)(O)C(=O)O)cn12. The van der Waals surface area contributed by atoms with Crippen LogP contribution in [-0.4, -0.2) is 48.8 Å². The van der Waals surface area contributed by atoms with Gasteiger partial charge in [0.25, 0.3) is 5.91 Å². The fourth-order valence-corrected chi connectivity index (χ4v) is 1.57. The topological polar surface area (TPSA) is 117 Å². The van der Waals surface area contributed by atoms with E-state index < -0.39 is 17.5 Å². The van der Waals surface area contributed by atoms with Gasteiger partial charge in [-0.2, -0.15) is 0 Å². The van der Waals surface area contributed by atoms with Crippen LogP contribution in [0.5, 0.6) is 0 Å². The van der Waals surface area contributed by atoms with E-state index in [0.717, 1.165) is 6.92 Å². The molecule has 2 aromatic rings. The van der Waals surface area contributed by atoms with Crippen LogP contribution in [0.4, 0.5) is 0 Å². The van der Waals surface area contributed by atoms with Gasteiger partial charge in [0.05, 0.1) is 12.1 Å². The smallest absolute Gasteiger partial charge is 0.337 e. The molecule has 2 rings (SSSR count). The van der Waals surface area contributed by atoms with Crippen LogP contribution >= 0.6 is 0 Å². The maximum atomic E-state index is 11.9. The van der Waals surface area contributed by atoms with Crippen LogP contribution in [0, 0.1) is 6.92 Å². The largest absolute Gasteiger partial charge is 0.479 e. The first kappa shape index (κ1) is 13.9. The molecule has 2 aromatic heterocycles. The molecule has 0 aliphatic rings. The summed E-state index contributed by atoms with van der Waals surface area (Å²) in [6.45, 7) is 2.47. The molecular formula is C12H14N4O4. The number of hydrogen-bond donors (Lipinski definition) is 3. The van der Waals surface area contributed by atoms with Crippen LogP contribution in [0.25, 0.3) is 5.65 Å². The van der Waals surface area contributed by atoms with Crippen LogP contribution in [0.15, 0.2) is 18.3 Å². The van der Waals surface area contributed by atoms with E-state index in [1.54, 1.807) is 29.7 Å². The zero-order valence-electron chi connectivity index (χ0n) is 11.0. The number of aliphatic carboxylic acids is 1. The van der Waals surface area contributed by atoms with E-state index in [2.05, 4.69) is 15.5 Å². The van der Waals surface area contributed by atoms with Crippen molar-refractivity contribution >= 4 is 17.5 Å². The molecule has 0 aliphatic carbocycles. The Hall–Kier alpha value is -2.48. The second-order valence-corrected chi connectivity index (χ2v) is 4.65. The number of aromatic nitrogens is 3. The van der Waals surface area contributed by atoms with Crippen LogP contribution < -0.4 is 5.32 Å². The van der Waals surface area contributed by atoms with Crippen molar-refractivity contribution in [2.45, 2.75) is 19.4 Å². The quantitative estimate of drug-likeness (QED) is 0.700. The molecule has 1 atom stereocenters. The molecule has 0 radical (unpaired) electrons. The minimum Gasteiger partial charge on any atom is -0.479 e. The van der Waals surface area contributed by atoms with Gasteiger partial charge in [-0.05, 0) is 26.0 Å². The van der Waals surface area contributed by atoms with Crippen molar-refractivity contribution in [2.75, 3.05) is 6.54 Å². The number of aryl methyl sites for hydroxylation is 1. The van der Waals surface area contributed by atoms with Crippen molar-refractivity contribution in [3.63, 3.8) is 0 Å². The summed E-state index contributed by atoms with van der Waals surface area (Å²) in [6.07, 6.45) is 1.55. The summed E-state index contributed by atoms with van der Waals surface area (Å²) >= 11 is 0. The second kappa shape index (κ2) is 4.89.